The molecule has 100 valence electrons. The predicted molar refractivity (Wildman–Crippen MR) is 73.8 cm³/mol. The summed E-state index contributed by atoms with van der Waals surface area (Å²) >= 11 is 5.76. The van der Waals surface area contributed by atoms with E-state index in [1.54, 1.807) is 6.07 Å². The van der Waals surface area contributed by atoms with Gasteiger partial charge in [0.15, 0.2) is 0 Å². The molecule has 0 saturated carbocycles. The van der Waals surface area contributed by atoms with Crippen LogP contribution in [0.15, 0.2) is 16.3 Å². The van der Waals surface area contributed by atoms with Crippen LogP contribution in [0, 0.1) is 0 Å². The molecule has 0 unspecified atom stereocenters. The predicted octanol–water partition coefficient (Wildman–Crippen LogP) is -0.0739. The zero-order valence-electron chi connectivity index (χ0n) is 9.38. The summed E-state index contributed by atoms with van der Waals surface area (Å²) in [4.78, 5) is 11.2. The van der Waals surface area contributed by atoms with Crippen LogP contribution in [-0.4, -0.2) is 25.9 Å². The number of amides is 1. The van der Waals surface area contributed by atoms with Crippen molar-refractivity contribution in [1.82, 2.24) is 4.72 Å². The molecule has 0 spiro atoms. The summed E-state index contributed by atoms with van der Waals surface area (Å²) in [7, 11) is -3.57. The lowest BCUT2D eigenvalue weighted by Crippen LogP contribution is -2.25. The third kappa shape index (κ3) is 4.33. The fourth-order valence-corrected chi connectivity index (χ4v) is 3.61. The molecule has 0 bridgehead atoms. The third-order valence-electron chi connectivity index (χ3n) is 1.98. The van der Waals surface area contributed by atoms with E-state index in [1.807, 2.05) is 0 Å². The fourth-order valence-electron chi connectivity index (χ4n) is 1.14. The molecule has 1 heterocycles. The van der Waals surface area contributed by atoms with E-state index in [0.717, 1.165) is 11.3 Å². The number of thiophene rings is 1. The average Bonchev–Trinajstić information content (AvgIpc) is 2.74. The highest BCUT2D eigenvalue weighted by atomic mass is 32.2. The lowest BCUT2D eigenvalue weighted by Gasteiger charge is -2.03. The summed E-state index contributed by atoms with van der Waals surface area (Å²) < 4.78 is 26.1. The Bertz CT molecular complexity index is 550. The van der Waals surface area contributed by atoms with Crippen molar-refractivity contribution in [2.45, 2.75) is 17.1 Å². The van der Waals surface area contributed by atoms with Crippen LogP contribution in [0.4, 0.5) is 0 Å². The monoisotopic (exact) mass is 307 g/mol. The normalized spacial score (nSPS) is 11.3. The molecule has 0 radical (unpaired) electrons. The van der Waals surface area contributed by atoms with Gasteiger partial charge in [-0.3, -0.25) is 4.79 Å². The number of hydrogen-bond donors (Lipinski definition) is 3. The van der Waals surface area contributed by atoms with Gasteiger partial charge in [0.1, 0.15) is 9.20 Å². The maximum absolute atomic E-state index is 11.8. The van der Waals surface area contributed by atoms with Crippen LogP contribution < -0.4 is 16.2 Å². The number of rotatable bonds is 7. The molecule has 9 heteroatoms. The number of carbonyl (C=O) groups is 1. The van der Waals surface area contributed by atoms with Crippen molar-refractivity contribution < 1.29 is 13.2 Å². The Kier molecular flexibility index (Phi) is 5.20. The van der Waals surface area contributed by atoms with E-state index < -0.39 is 15.9 Å². The summed E-state index contributed by atoms with van der Waals surface area (Å²) in [6.45, 7) is 0.158. The maximum atomic E-state index is 11.8. The molecule has 0 aliphatic carbocycles. The largest absolute Gasteiger partial charge is 0.389 e. The molecule has 0 aliphatic heterocycles. The molecule has 6 nitrogen and oxygen atoms in total. The summed E-state index contributed by atoms with van der Waals surface area (Å²) in [6.07, 6.45) is 0.507. The maximum Gasteiger partial charge on any atom is 0.250 e. The van der Waals surface area contributed by atoms with Gasteiger partial charge in [0.2, 0.25) is 15.9 Å². The molecular formula is C9H13N3O3S3. The number of nitrogens with two attached hydrogens (primary N) is 2. The quantitative estimate of drug-likeness (QED) is 0.481. The molecule has 0 saturated heterocycles. The Morgan fingerprint density at radius 2 is 2.06 bits per heavy atom. The van der Waals surface area contributed by atoms with Gasteiger partial charge in [-0.05, 0) is 18.6 Å². The van der Waals surface area contributed by atoms with E-state index in [1.165, 1.54) is 6.07 Å². The summed E-state index contributed by atoms with van der Waals surface area (Å²) in [5, 5.41) is 0. The average molecular weight is 307 g/mol. The van der Waals surface area contributed by atoms with E-state index >= 15 is 0 Å². The van der Waals surface area contributed by atoms with Crippen LogP contribution in [0.2, 0.25) is 0 Å². The first kappa shape index (κ1) is 15.0. The molecular weight excluding hydrogens is 294 g/mol. The second kappa shape index (κ2) is 6.23. The van der Waals surface area contributed by atoms with Crippen molar-refractivity contribution in [2.24, 2.45) is 11.5 Å². The van der Waals surface area contributed by atoms with Crippen LogP contribution in [0.5, 0.6) is 0 Å². The Morgan fingerprint density at radius 1 is 1.39 bits per heavy atom. The van der Waals surface area contributed by atoms with Crippen molar-refractivity contribution in [3.8, 4) is 0 Å². The van der Waals surface area contributed by atoms with Crippen molar-refractivity contribution >= 4 is 44.5 Å². The number of carbonyl (C=O) groups excluding carboxylic acids is 1. The molecule has 1 aromatic rings. The second-order valence-electron chi connectivity index (χ2n) is 3.45. The summed E-state index contributed by atoms with van der Waals surface area (Å²) in [6, 6.07) is 3.00. The number of hydrogen-bond acceptors (Lipinski definition) is 5. The van der Waals surface area contributed by atoms with Gasteiger partial charge in [0, 0.05) is 13.0 Å². The lowest BCUT2D eigenvalue weighted by atomic mass is 10.3. The third-order valence-corrected chi connectivity index (χ3v) is 5.40. The molecule has 18 heavy (non-hydrogen) atoms. The zero-order valence-corrected chi connectivity index (χ0v) is 11.8. The molecule has 1 amide bonds. The molecule has 0 aromatic carbocycles. The summed E-state index contributed by atoms with van der Waals surface area (Å²) in [5.74, 6) is -0.457. The molecule has 1 rings (SSSR count). The Morgan fingerprint density at radius 3 is 2.56 bits per heavy atom. The van der Waals surface area contributed by atoms with E-state index in [-0.39, 0.29) is 22.2 Å². The molecule has 0 fully saturated rings. The SMILES string of the molecule is NC(=O)CCCNS(=O)(=O)c1ccc(C(N)=S)s1. The first-order chi connectivity index (χ1) is 8.33. The number of nitrogens with one attached hydrogen (secondary N) is 1. The van der Waals surface area contributed by atoms with Gasteiger partial charge < -0.3 is 11.5 Å². The summed E-state index contributed by atoms with van der Waals surface area (Å²) in [5.41, 5.74) is 10.3. The first-order valence-corrected chi connectivity index (χ1v) is 7.71. The van der Waals surface area contributed by atoms with Crippen LogP contribution in [-0.2, 0) is 14.8 Å². The lowest BCUT2D eigenvalue weighted by molar-refractivity contribution is -0.118. The van der Waals surface area contributed by atoms with Gasteiger partial charge in [-0.25, -0.2) is 13.1 Å². The highest BCUT2D eigenvalue weighted by Gasteiger charge is 2.16. The number of primary amides is 1. The highest BCUT2D eigenvalue weighted by molar-refractivity contribution is 7.91. The standard InChI is InChI=1S/C9H13N3O3S3/c10-7(13)2-1-5-12-18(14,15)8-4-3-6(17-8)9(11)16/h3-4,12H,1-2,5H2,(H2,10,13)(H2,11,16). The minimum Gasteiger partial charge on any atom is -0.389 e. The Labute approximate surface area is 114 Å². The number of thiocarbonyl (C=S) groups is 1. The van der Waals surface area contributed by atoms with Gasteiger partial charge in [0.05, 0.1) is 4.88 Å². The molecule has 0 atom stereocenters. The second-order valence-corrected chi connectivity index (χ2v) is 6.97. The van der Waals surface area contributed by atoms with Crippen LogP contribution in [0.3, 0.4) is 0 Å². The van der Waals surface area contributed by atoms with E-state index in [9.17, 15) is 13.2 Å². The minimum atomic E-state index is -3.57. The first-order valence-electron chi connectivity index (χ1n) is 5.00. The van der Waals surface area contributed by atoms with Crippen molar-refractivity contribution in [3.63, 3.8) is 0 Å². The highest BCUT2D eigenvalue weighted by Crippen LogP contribution is 2.21. The van der Waals surface area contributed by atoms with Crippen LogP contribution in [0.1, 0.15) is 17.7 Å². The fraction of sp³-hybridized carbons (Fsp3) is 0.333. The molecule has 5 N–H and O–H groups in total. The minimum absolute atomic E-state index is 0.143. The van der Waals surface area contributed by atoms with E-state index in [0.29, 0.717) is 11.3 Å². The Balaban J connectivity index is 2.62. The van der Waals surface area contributed by atoms with E-state index in [2.05, 4.69) is 4.72 Å². The molecule has 1 aromatic heterocycles. The van der Waals surface area contributed by atoms with Crippen molar-refractivity contribution in [2.75, 3.05) is 6.54 Å². The van der Waals surface area contributed by atoms with Gasteiger partial charge in [-0.2, -0.15) is 0 Å². The van der Waals surface area contributed by atoms with E-state index in [4.69, 9.17) is 23.7 Å². The Hall–Kier alpha value is -1.03. The van der Waals surface area contributed by atoms with Gasteiger partial charge in [-0.15, -0.1) is 11.3 Å². The van der Waals surface area contributed by atoms with Crippen molar-refractivity contribution in [3.05, 3.63) is 17.0 Å². The number of sulfonamides is 1. The van der Waals surface area contributed by atoms with Gasteiger partial charge in [0.25, 0.3) is 0 Å². The zero-order chi connectivity index (χ0) is 13.8. The van der Waals surface area contributed by atoms with Crippen LogP contribution in [0.25, 0.3) is 0 Å². The van der Waals surface area contributed by atoms with Crippen LogP contribution >= 0.6 is 23.6 Å². The topological polar surface area (TPSA) is 115 Å². The van der Waals surface area contributed by atoms with Gasteiger partial charge in [-0.1, -0.05) is 12.2 Å². The van der Waals surface area contributed by atoms with Gasteiger partial charge >= 0.3 is 0 Å². The molecule has 0 aliphatic rings. The van der Waals surface area contributed by atoms with Crippen molar-refractivity contribution in [1.29, 1.82) is 0 Å². The smallest absolute Gasteiger partial charge is 0.250 e.